The highest BCUT2D eigenvalue weighted by molar-refractivity contribution is 7.92. The van der Waals surface area contributed by atoms with Gasteiger partial charge in [-0.3, -0.25) is 4.72 Å². The summed E-state index contributed by atoms with van der Waals surface area (Å²) in [4.78, 5) is -0.835. The summed E-state index contributed by atoms with van der Waals surface area (Å²) in [6.45, 7) is 4.01. The normalized spacial score (nSPS) is 12.3. The number of nitrogens with one attached hydrogen (secondary N) is 1. The molecule has 1 N–H and O–H groups in total. The lowest BCUT2D eigenvalue weighted by atomic mass is 10.3. The Morgan fingerprint density at radius 2 is 1.50 bits per heavy atom. The van der Waals surface area contributed by atoms with Crippen LogP contribution in [0.15, 0.2) is 52.3 Å². The molecule has 0 aliphatic rings. The van der Waals surface area contributed by atoms with Crippen molar-refractivity contribution in [1.29, 1.82) is 0 Å². The predicted molar refractivity (Wildman–Crippen MR) is 93.7 cm³/mol. The molecule has 2 aromatic rings. The van der Waals surface area contributed by atoms with Crippen LogP contribution in [-0.2, 0) is 20.0 Å². The molecule has 0 saturated carbocycles. The van der Waals surface area contributed by atoms with Crippen molar-refractivity contribution in [1.82, 2.24) is 4.31 Å². The Labute approximate surface area is 151 Å². The van der Waals surface area contributed by atoms with Gasteiger partial charge in [-0.15, -0.1) is 0 Å². The van der Waals surface area contributed by atoms with Gasteiger partial charge in [0.05, 0.1) is 4.90 Å². The lowest BCUT2D eigenvalue weighted by Gasteiger charge is -2.18. The van der Waals surface area contributed by atoms with Crippen molar-refractivity contribution < 1.29 is 25.6 Å². The summed E-state index contributed by atoms with van der Waals surface area (Å²) < 4.78 is 79.5. The molecule has 0 atom stereocenters. The zero-order valence-electron chi connectivity index (χ0n) is 14.1. The van der Waals surface area contributed by atoms with Gasteiger partial charge in [-0.05, 0) is 42.5 Å². The van der Waals surface area contributed by atoms with Gasteiger partial charge in [-0.2, -0.15) is 4.31 Å². The molecular formula is C16H18F2N2O4S2. The molecule has 142 valence electrons. The summed E-state index contributed by atoms with van der Waals surface area (Å²) in [6, 6.07) is 7.05. The smallest absolute Gasteiger partial charge is 0.264 e. The Balaban J connectivity index is 2.31. The molecule has 0 unspecified atom stereocenters. The number of halogens is 2. The molecule has 26 heavy (non-hydrogen) atoms. The first-order valence-electron chi connectivity index (χ1n) is 7.70. The van der Waals surface area contributed by atoms with Crippen LogP contribution in [-0.4, -0.2) is 34.2 Å². The van der Waals surface area contributed by atoms with Gasteiger partial charge in [-0.25, -0.2) is 25.6 Å². The van der Waals surface area contributed by atoms with E-state index in [0.29, 0.717) is 25.2 Å². The average molecular weight is 404 g/mol. The highest BCUT2D eigenvalue weighted by atomic mass is 32.2. The van der Waals surface area contributed by atoms with Crippen LogP contribution in [0.4, 0.5) is 14.5 Å². The van der Waals surface area contributed by atoms with Crippen molar-refractivity contribution in [3.63, 3.8) is 0 Å². The predicted octanol–water partition coefficient (Wildman–Crippen LogP) is 2.80. The molecule has 0 aliphatic carbocycles. The number of hydrogen-bond acceptors (Lipinski definition) is 4. The third-order valence-electron chi connectivity index (χ3n) is 3.63. The van der Waals surface area contributed by atoms with Crippen LogP contribution in [0.5, 0.6) is 0 Å². The minimum absolute atomic E-state index is 0.00100. The second-order valence-electron chi connectivity index (χ2n) is 5.29. The average Bonchev–Trinajstić information content (AvgIpc) is 2.58. The topological polar surface area (TPSA) is 83.6 Å². The number of rotatable bonds is 7. The van der Waals surface area contributed by atoms with E-state index in [0.717, 1.165) is 6.07 Å². The van der Waals surface area contributed by atoms with E-state index in [-0.39, 0.29) is 10.6 Å². The quantitative estimate of drug-likeness (QED) is 0.769. The van der Waals surface area contributed by atoms with Gasteiger partial charge < -0.3 is 0 Å². The molecule has 2 aromatic carbocycles. The van der Waals surface area contributed by atoms with E-state index in [4.69, 9.17) is 0 Å². The van der Waals surface area contributed by atoms with Gasteiger partial charge in [0, 0.05) is 18.8 Å². The van der Waals surface area contributed by atoms with Gasteiger partial charge in [0.2, 0.25) is 10.0 Å². The van der Waals surface area contributed by atoms with Crippen LogP contribution >= 0.6 is 0 Å². The Bertz CT molecular complexity index is 987. The minimum atomic E-state index is -4.37. The number of benzene rings is 2. The van der Waals surface area contributed by atoms with E-state index < -0.39 is 36.6 Å². The molecule has 0 bridgehead atoms. The second-order valence-corrected chi connectivity index (χ2v) is 8.88. The molecule has 0 saturated heterocycles. The Morgan fingerprint density at radius 3 is 2.04 bits per heavy atom. The van der Waals surface area contributed by atoms with Gasteiger partial charge in [0.1, 0.15) is 16.5 Å². The SMILES string of the molecule is CCN(CC)S(=O)(=O)c1ccc(NS(=O)(=O)c2cc(F)ccc2F)cc1. The Hall–Kier alpha value is -2.04. The molecule has 6 nitrogen and oxygen atoms in total. The maximum absolute atomic E-state index is 13.7. The van der Waals surface area contributed by atoms with Crippen molar-refractivity contribution in [2.45, 2.75) is 23.6 Å². The van der Waals surface area contributed by atoms with E-state index in [1.807, 2.05) is 0 Å². The molecule has 0 radical (unpaired) electrons. The van der Waals surface area contributed by atoms with Crippen LogP contribution in [0.2, 0.25) is 0 Å². The van der Waals surface area contributed by atoms with Crippen LogP contribution in [0, 0.1) is 11.6 Å². The highest BCUT2D eigenvalue weighted by Crippen LogP contribution is 2.22. The maximum atomic E-state index is 13.7. The molecule has 0 amide bonds. The van der Waals surface area contributed by atoms with Crippen molar-refractivity contribution in [3.8, 4) is 0 Å². The first-order chi connectivity index (χ1) is 12.1. The largest absolute Gasteiger partial charge is 0.280 e. The first kappa shape index (κ1) is 20.3. The summed E-state index contributed by atoms with van der Waals surface area (Å²) in [6.07, 6.45) is 0. The first-order valence-corrected chi connectivity index (χ1v) is 10.6. The molecule has 2 rings (SSSR count). The summed E-state index contributed by atoms with van der Waals surface area (Å²) >= 11 is 0. The molecule has 0 heterocycles. The molecule has 0 fully saturated rings. The van der Waals surface area contributed by atoms with Crippen LogP contribution in [0.25, 0.3) is 0 Å². The minimum Gasteiger partial charge on any atom is -0.280 e. The molecular weight excluding hydrogens is 386 g/mol. The zero-order chi connectivity index (χ0) is 19.5. The van der Waals surface area contributed by atoms with E-state index >= 15 is 0 Å². The fourth-order valence-electron chi connectivity index (χ4n) is 2.30. The van der Waals surface area contributed by atoms with Gasteiger partial charge >= 0.3 is 0 Å². The number of hydrogen-bond donors (Lipinski definition) is 1. The van der Waals surface area contributed by atoms with Gasteiger partial charge in [0.25, 0.3) is 10.0 Å². The van der Waals surface area contributed by atoms with Gasteiger partial charge in [-0.1, -0.05) is 13.8 Å². The summed E-state index contributed by atoms with van der Waals surface area (Å²) in [7, 11) is -8.04. The lowest BCUT2D eigenvalue weighted by Crippen LogP contribution is -2.30. The van der Waals surface area contributed by atoms with Crippen LogP contribution in [0.1, 0.15) is 13.8 Å². The van der Waals surface area contributed by atoms with Crippen molar-refractivity contribution in [3.05, 3.63) is 54.1 Å². The van der Waals surface area contributed by atoms with Crippen LogP contribution < -0.4 is 4.72 Å². The Kier molecular flexibility index (Phi) is 5.99. The standard InChI is InChI=1S/C16H18F2N2O4S2/c1-3-20(4-2)26(23,24)14-8-6-13(7-9-14)19-25(21,22)16-11-12(17)5-10-15(16)18/h5-11,19H,3-4H2,1-2H3. The fraction of sp³-hybridized carbons (Fsp3) is 0.250. The molecule has 0 spiro atoms. The third kappa shape index (κ3) is 4.19. The molecule has 10 heteroatoms. The monoisotopic (exact) mass is 404 g/mol. The zero-order valence-corrected chi connectivity index (χ0v) is 15.7. The summed E-state index contributed by atoms with van der Waals surface area (Å²) in [5.74, 6) is -1.99. The number of nitrogens with zero attached hydrogens (tertiary/aromatic N) is 1. The fourth-order valence-corrected chi connectivity index (χ4v) is 4.91. The van der Waals surface area contributed by atoms with E-state index in [1.54, 1.807) is 13.8 Å². The summed E-state index contributed by atoms with van der Waals surface area (Å²) in [5.41, 5.74) is 0.0205. The molecule has 0 aliphatic heterocycles. The third-order valence-corrected chi connectivity index (χ3v) is 7.09. The summed E-state index contributed by atoms with van der Waals surface area (Å²) in [5, 5.41) is 0. The maximum Gasteiger partial charge on any atom is 0.264 e. The molecule has 0 aromatic heterocycles. The Morgan fingerprint density at radius 1 is 0.923 bits per heavy atom. The van der Waals surface area contributed by atoms with Crippen molar-refractivity contribution in [2.24, 2.45) is 0 Å². The number of sulfonamides is 2. The van der Waals surface area contributed by atoms with Gasteiger partial charge in [0.15, 0.2) is 0 Å². The highest BCUT2D eigenvalue weighted by Gasteiger charge is 2.23. The van der Waals surface area contributed by atoms with E-state index in [1.165, 1.54) is 28.6 Å². The van der Waals surface area contributed by atoms with E-state index in [2.05, 4.69) is 4.72 Å². The lowest BCUT2D eigenvalue weighted by molar-refractivity contribution is 0.445. The number of anilines is 1. The van der Waals surface area contributed by atoms with Crippen molar-refractivity contribution >= 4 is 25.7 Å². The van der Waals surface area contributed by atoms with E-state index in [9.17, 15) is 25.6 Å². The second kappa shape index (κ2) is 7.68. The van der Waals surface area contributed by atoms with Crippen LogP contribution in [0.3, 0.4) is 0 Å². The van der Waals surface area contributed by atoms with Crippen molar-refractivity contribution in [2.75, 3.05) is 17.8 Å².